The molecule has 3 atom stereocenters. The van der Waals surface area contributed by atoms with Crippen molar-refractivity contribution in [2.45, 2.75) is 44.4 Å². The summed E-state index contributed by atoms with van der Waals surface area (Å²) in [5.41, 5.74) is 0. The van der Waals surface area contributed by atoms with E-state index in [0.29, 0.717) is 18.6 Å². The third-order valence-corrected chi connectivity index (χ3v) is 4.29. The largest absolute Gasteiger partial charge is 0.489 e. The Labute approximate surface area is 140 Å². The van der Waals surface area contributed by atoms with Gasteiger partial charge < -0.3 is 20.1 Å². The van der Waals surface area contributed by atoms with Gasteiger partial charge in [0.1, 0.15) is 12.4 Å². The molecule has 7 heteroatoms. The molecule has 3 rings (SSSR count). The van der Waals surface area contributed by atoms with E-state index in [2.05, 4.69) is 15.6 Å². The number of fused-ring (bicyclic) bond motifs is 2. The van der Waals surface area contributed by atoms with Crippen molar-refractivity contribution >= 4 is 5.96 Å². The number of hydrogen-bond donors (Lipinski definition) is 2. The summed E-state index contributed by atoms with van der Waals surface area (Å²) in [6, 6.07) is 3.55. The number of hydrogen-bond acceptors (Lipinski definition) is 3. The second kappa shape index (κ2) is 7.79. The van der Waals surface area contributed by atoms with E-state index in [0.717, 1.165) is 31.9 Å². The number of guanidine groups is 1. The minimum atomic E-state index is -0.705. The van der Waals surface area contributed by atoms with Crippen LogP contribution >= 0.6 is 0 Å². The smallest absolute Gasteiger partial charge is 0.191 e. The van der Waals surface area contributed by atoms with Gasteiger partial charge in [-0.2, -0.15) is 0 Å². The molecule has 0 amide bonds. The first-order valence-electron chi connectivity index (χ1n) is 8.44. The Balaban J connectivity index is 1.48. The number of halogens is 2. The Bertz CT molecular complexity index is 597. The van der Waals surface area contributed by atoms with Crippen molar-refractivity contribution < 1.29 is 18.3 Å². The highest BCUT2D eigenvalue weighted by molar-refractivity contribution is 5.80. The summed E-state index contributed by atoms with van der Waals surface area (Å²) >= 11 is 0. The van der Waals surface area contributed by atoms with Crippen LogP contribution < -0.4 is 15.4 Å². The number of rotatable bonds is 6. The van der Waals surface area contributed by atoms with Gasteiger partial charge in [-0.05, 0) is 38.3 Å². The van der Waals surface area contributed by atoms with Crippen molar-refractivity contribution in [3.63, 3.8) is 0 Å². The van der Waals surface area contributed by atoms with Crippen LogP contribution in [0.15, 0.2) is 23.2 Å². The third-order valence-electron chi connectivity index (χ3n) is 4.29. The first-order valence-corrected chi connectivity index (χ1v) is 8.44. The molecule has 2 aliphatic heterocycles. The first kappa shape index (κ1) is 17.0. The molecular weight excluding hydrogens is 316 g/mol. The van der Waals surface area contributed by atoms with Gasteiger partial charge in [-0.25, -0.2) is 13.8 Å². The average Bonchev–Trinajstić information content (AvgIpc) is 3.16. The van der Waals surface area contributed by atoms with Gasteiger partial charge in [0.2, 0.25) is 0 Å². The molecule has 2 saturated heterocycles. The molecule has 24 heavy (non-hydrogen) atoms. The van der Waals surface area contributed by atoms with Gasteiger partial charge in [0.25, 0.3) is 0 Å². The fourth-order valence-corrected chi connectivity index (χ4v) is 3.19. The number of ether oxygens (including phenoxy) is 2. The molecule has 2 fully saturated rings. The Morgan fingerprint density at radius 2 is 2.25 bits per heavy atom. The van der Waals surface area contributed by atoms with Crippen LogP contribution in [0.1, 0.15) is 26.2 Å². The zero-order valence-corrected chi connectivity index (χ0v) is 13.7. The summed E-state index contributed by atoms with van der Waals surface area (Å²) in [5, 5.41) is 6.59. The first-order chi connectivity index (χ1) is 11.7. The van der Waals surface area contributed by atoms with Crippen molar-refractivity contribution in [1.29, 1.82) is 0 Å². The lowest BCUT2D eigenvalue weighted by molar-refractivity contribution is 0.0992. The molecule has 1 aromatic rings. The van der Waals surface area contributed by atoms with Gasteiger partial charge in [-0.3, -0.25) is 0 Å². The van der Waals surface area contributed by atoms with Gasteiger partial charge in [0, 0.05) is 12.6 Å². The quantitative estimate of drug-likeness (QED) is 0.474. The van der Waals surface area contributed by atoms with Crippen molar-refractivity contribution in [3.05, 3.63) is 29.8 Å². The molecular formula is C17H23F2N3O2. The lowest BCUT2D eigenvalue weighted by Crippen LogP contribution is -2.47. The Morgan fingerprint density at radius 3 is 2.92 bits per heavy atom. The minimum Gasteiger partial charge on any atom is -0.489 e. The maximum atomic E-state index is 13.5. The second-order valence-electron chi connectivity index (χ2n) is 6.04. The zero-order valence-electron chi connectivity index (χ0n) is 13.7. The molecule has 0 aromatic heterocycles. The maximum absolute atomic E-state index is 13.5. The molecule has 5 nitrogen and oxygen atoms in total. The molecule has 0 spiro atoms. The topological polar surface area (TPSA) is 54.9 Å². The van der Waals surface area contributed by atoms with Crippen molar-refractivity contribution in [1.82, 2.24) is 10.6 Å². The Morgan fingerprint density at radius 1 is 1.38 bits per heavy atom. The number of nitrogens with zero attached hydrogens (tertiary/aromatic N) is 1. The monoisotopic (exact) mass is 339 g/mol. The molecule has 1 aromatic carbocycles. The molecule has 2 aliphatic rings. The number of aliphatic imine (C=N–C) groups is 1. The van der Waals surface area contributed by atoms with Crippen molar-refractivity contribution in [2.24, 2.45) is 4.99 Å². The van der Waals surface area contributed by atoms with E-state index in [9.17, 15) is 8.78 Å². The molecule has 132 valence electrons. The normalized spacial score (nSPS) is 25.8. The van der Waals surface area contributed by atoms with E-state index >= 15 is 0 Å². The maximum Gasteiger partial charge on any atom is 0.191 e. The standard InChI is InChI=1S/C17H23F2N3O2/c1-2-20-17(22-14-10-12-4-6-16(14)24-12)21-7-8-23-15-5-3-11(18)9-13(15)19/h3,5,9,12,14,16H,2,4,6-8,10H2,1H3,(H2,20,21,22). The van der Waals surface area contributed by atoms with E-state index in [1.54, 1.807) is 0 Å². The van der Waals surface area contributed by atoms with Crippen LogP contribution in [-0.2, 0) is 4.74 Å². The summed E-state index contributed by atoms with van der Waals surface area (Å²) in [6.45, 7) is 3.33. The summed E-state index contributed by atoms with van der Waals surface area (Å²) in [7, 11) is 0. The summed E-state index contributed by atoms with van der Waals surface area (Å²) < 4.78 is 37.5. The van der Waals surface area contributed by atoms with Crippen LogP contribution in [0.25, 0.3) is 0 Å². The molecule has 2 heterocycles. The van der Waals surface area contributed by atoms with Crippen LogP contribution in [0.3, 0.4) is 0 Å². The third kappa shape index (κ3) is 4.14. The summed E-state index contributed by atoms with van der Waals surface area (Å²) in [4.78, 5) is 4.44. The highest BCUT2D eigenvalue weighted by Crippen LogP contribution is 2.34. The van der Waals surface area contributed by atoms with Gasteiger partial charge in [0.05, 0.1) is 24.8 Å². The predicted molar refractivity (Wildman–Crippen MR) is 87.3 cm³/mol. The Hall–Kier alpha value is -1.89. The fraction of sp³-hybridized carbons (Fsp3) is 0.588. The molecule has 0 saturated carbocycles. The lowest BCUT2D eigenvalue weighted by atomic mass is 9.96. The van der Waals surface area contributed by atoms with Crippen LogP contribution in [-0.4, -0.2) is 43.9 Å². The van der Waals surface area contributed by atoms with Crippen LogP contribution in [0.2, 0.25) is 0 Å². The van der Waals surface area contributed by atoms with Crippen LogP contribution in [0, 0.1) is 11.6 Å². The molecule has 2 N–H and O–H groups in total. The van der Waals surface area contributed by atoms with E-state index in [1.165, 1.54) is 12.1 Å². The van der Waals surface area contributed by atoms with Crippen molar-refractivity contribution in [2.75, 3.05) is 19.7 Å². The highest BCUT2D eigenvalue weighted by atomic mass is 19.1. The average molecular weight is 339 g/mol. The highest BCUT2D eigenvalue weighted by Gasteiger charge is 2.41. The minimum absolute atomic E-state index is 0.0334. The van der Waals surface area contributed by atoms with Gasteiger partial charge in [-0.15, -0.1) is 0 Å². The van der Waals surface area contributed by atoms with E-state index in [-0.39, 0.29) is 24.5 Å². The molecule has 3 unspecified atom stereocenters. The molecule has 2 bridgehead atoms. The van der Waals surface area contributed by atoms with Crippen LogP contribution in [0.5, 0.6) is 5.75 Å². The van der Waals surface area contributed by atoms with E-state index in [1.807, 2.05) is 6.92 Å². The fourth-order valence-electron chi connectivity index (χ4n) is 3.19. The van der Waals surface area contributed by atoms with E-state index in [4.69, 9.17) is 9.47 Å². The molecule has 0 radical (unpaired) electrons. The predicted octanol–water partition coefficient (Wildman–Crippen LogP) is 2.22. The summed E-state index contributed by atoms with van der Waals surface area (Å²) in [5.74, 6) is -0.583. The van der Waals surface area contributed by atoms with Crippen LogP contribution in [0.4, 0.5) is 8.78 Å². The van der Waals surface area contributed by atoms with Gasteiger partial charge >= 0.3 is 0 Å². The zero-order chi connectivity index (χ0) is 16.9. The lowest BCUT2D eigenvalue weighted by Gasteiger charge is -2.22. The Kier molecular flexibility index (Phi) is 5.50. The van der Waals surface area contributed by atoms with E-state index < -0.39 is 11.6 Å². The van der Waals surface area contributed by atoms with Crippen molar-refractivity contribution in [3.8, 4) is 5.75 Å². The van der Waals surface area contributed by atoms with Gasteiger partial charge in [-0.1, -0.05) is 0 Å². The number of nitrogens with one attached hydrogen (secondary N) is 2. The summed E-state index contributed by atoms with van der Waals surface area (Å²) in [6.07, 6.45) is 3.89. The second-order valence-corrected chi connectivity index (χ2v) is 6.04. The SMILES string of the molecule is CCNC(=NCCOc1ccc(F)cc1F)NC1CC2CCC1O2. The number of benzene rings is 1. The van der Waals surface area contributed by atoms with Gasteiger partial charge in [0.15, 0.2) is 17.5 Å². The molecule has 0 aliphatic carbocycles.